The average Bonchev–Trinajstić information content (AvgIpc) is 2.31. The van der Waals surface area contributed by atoms with Gasteiger partial charge in [-0.15, -0.1) is 11.8 Å². The molecule has 17 heavy (non-hydrogen) atoms. The Hall–Kier alpha value is -0.590. The second-order valence-electron chi connectivity index (χ2n) is 3.51. The first-order valence-corrected chi connectivity index (χ1v) is 7.19. The minimum atomic E-state index is -0.321. The van der Waals surface area contributed by atoms with Crippen LogP contribution in [0.15, 0.2) is 27.8 Å². The number of hydrogen-bond acceptors (Lipinski definition) is 4. The van der Waals surface area contributed by atoms with Crippen molar-refractivity contribution in [2.45, 2.75) is 24.4 Å². The van der Waals surface area contributed by atoms with Gasteiger partial charge in [-0.3, -0.25) is 4.79 Å². The molecule has 1 aromatic heterocycles. The number of carbonyl (C=O) groups is 1. The Bertz CT molecular complexity index is 375. The molecule has 1 atom stereocenters. The molecule has 1 amide bonds. The molecule has 1 rings (SSSR count). The van der Waals surface area contributed by atoms with Gasteiger partial charge in [-0.25, -0.2) is 4.98 Å². The zero-order valence-electron chi connectivity index (χ0n) is 9.65. The molecule has 0 aromatic carbocycles. The molecule has 0 aliphatic heterocycles. The van der Waals surface area contributed by atoms with Gasteiger partial charge in [0.05, 0.1) is 6.04 Å². The fourth-order valence-corrected chi connectivity index (χ4v) is 2.75. The Balaban J connectivity index is 2.52. The normalized spacial score (nSPS) is 12.4. The second-order valence-corrected chi connectivity index (χ2v) is 5.37. The summed E-state index contributed by atoms with van der Waals surface area (Å²) in [6, 6.07) is 3.47. The molecule has 1 heterocycles. The van der Waals surface area contributed by atoms with Crippen LogP contribution < -0.4 is 11.1 Å². The lowest BCUT2D eigenvalue weighted by Gasteiger charge is -2.14. The minimum Gasteiger partial charge on any atom is -0.368 e. The highest BCUT2D eigenvalue weighted by molar-refractivity contribution is 9.10. The maximum Gasteiger partial charge on any atom is 0.235 e. The summed E-state index contributed by atoms with van der Waals surface area (Å²) in [6.07, 6.45) is 2.70. The number of nitrogens with two attached hydrogens (primary N) is 1. The van der Waals surface area contributed by atoms with Crippen molar-refractivity contribution in [1.29, 1.82) is 0 Å². The lowest BCUT2D eigenvalue weighted by molar-refractivity contribution is -0.119. The number of aromatic nitrogens is 1. The summed E-state index contributed by atoms with van der Waals surface area (Å²) < 4.78 is 0.934. The van der Waals surface area contributed by atoms with E-state index in [1.807, 2.05) is 19.1 Å². The van der Waals surface area contributed by atoms with Gasteiger partial charge in [0.15, 0.2) is 0 Å². The molecule has 4 nitrogen and oxygen atoms in total. The summed E-state index contributed by atoms with van der Waals surface area (Å²) in [7, 11) is 0. The summed E-state index contributed by atoms with van der Waals surface area (Å²) in [5.41, 5.74) is 5.33. The highest BCUT2D eigenvalue weighted by atomic mass is 79.9. The summed E-state index contributed by atoms with van der Waals surface area (Å²) in [4.78, 5) is 15.5. The van der Waals surface area contributed by atoms with E-state index in [9.17, 15) is 4.79 Å². The molecule has 0 saturated heterocycles. The fraction of sp³-hybridized carbons (Fsp3) is 0.455. The quantitative estimate of drug-likeness (QED) is 0.752. The van der Waals surface area contributed by atoms with E-state index in [0.29, 0.717) is 5.75 Å². The van der Waals surface area contributed by atoms with Gasteiger partial charge in [-0.2, -0.15) is 0 Å². The Morgan fingerprint density at radius 3 is 3.06 bits per heavy atom. The van der Waals surface area contributed by atoms with Crippen LogP contribution in [0.25, 0.3) is 0 Å². The van der Waals surface area contributed by atoms with E-state index in [4.69, 9.17) is 5.73 Å². The minimum absolute atomic E-state index is 0.311. The van der Waals surface area contributed by atoms with Gasteiger partial charge >= 0.3 is 0 Å². The zero-order chi connectivity index (χ0) is 12.7. The molecule has 0 spiro atoms. The summed E-state index contributed by atoms with van der Waals surface area (Å²) in [5, 5.41) is 3.99. The Labute approximate surface area is 114 Å². The van der Waals surface area contributed by atoms with E-state index in [1.165, 1.54) is 11.8 Å². The smallest absolute Gasteiger partial charge is 0.235 e. The van der Waals surface area contributed by atoms with Crippen LogP contribution in [0.3, 0.4) is 0 Å². The third kappa shape index (κ3) is 5.06. The first-order valence-electron chi connectivity index (χ1n) is 5.41. The van der Waals surface area contributed by atoms with Gasteiger partial charge in [0, 0.05) is 16.4 Å². The van der Waals surface area contributed by atoms with E-state index in [2.05, 4.69) is 26.2 Å². The van der Waals surface area contributed by atoms with Crippen molar-refractivity contribution in [2.75, 3.05) is 12.3 Å². The van der Waals surface area contributed by atoms with Crippen molar-refractivity contribution in [3.63, 3.8) is 0 Å². The molecule has 6 heteroatoms. The highest BCUT2D eigenvalue weighted by Crippen LogP contribution is 2.24. The second kappa shape index (κ2) is 7.68. The standard InChI is InChI=1S/C11H16BrN3OS/c1-2-5-14-9(10(13)16)7-17-11-8(12)4-3-6-15-11/h3-4,6,9,14H,2,5,7H2,1H3,(H2,13,16). The van der Waals surface area contributed by atoms with E-state index in [1.54, 1.807) is 6.20 Å². The third-order valence-electron chi connectivity index (χ3n) is 2.10. The number of amides is 1. The number of rotatable bonds is 7. The molecule has 1 unspecified atom stereocenters. The zero-order valence-corrected chi connectivity index (χ0v) is 12.1. The SMILES string of the molecule is CCCNC(CSc1ncccc1Br)C(N)=O. The van der Waals surface area contributed by atoms with Crippen molar-refractivity contribution < 1.29 is 4.79 Å². The van der Waals surface area contributed by atoms with Gasteiger partial charge in [-0.1, -0.05) is 6.92 Å². The van der Waals surface area contributed by atoms with E-state index >= 15 is 0 Å². The van der Waals surface area contributed by atoms with Crippen molar-refractivity contribution in [3.05, 3.63) is 22.8 Å². The van der Waals surface area contributed by atoms with Gasteiger partial charge in [0.25, 0.3) is 0 Å². The number of nitrogens with zero attached hydrogens (tertiary/aromatic N) is 1. The van der Waals surface area contributed by atoms with Crippen LogP contribution in [-0.4, -0.2) is 29.2 Å². The molecule has 0 saturated carbocycles. The van der Waals surface area contributed by atoms with Crippen molar-refractivity contribution in [3.8, 4) is 0 Å². The van der Waals surface area contributed by atoms with Gasteiger partial charge < -0.3 is 11.1 Å². The highest BCUT2D eigenvalue weighted by Gasteiger charge is 2.15. The molecular weight excluding hydrogens is 302 g/mol. The average molecular weight is 318 g/mol. The molecule has 0 aliphatic rings. The van der Waals surface area contributed by atoms with Crippen LogP contribution in [0.5, 0.6) is 0 Å². The van der Waals surface area contributed by atoms with Crippen molar-refractivity contribution in [2.24, 2.45) is 5.73 Å². The van der Waals surface area contributed by atoms with Crippen molar-refractivity contribution in [1.82, 2.24) is 10.3 Å². The Kier molecular flexibility index (Phi) is 6.54. The largest absolute Gasteiger partial charge is 0.368 e. The number of primary amides is 1. The summed E-state index contributed by atoms with van der Waals surface area (Å²) in [5.74, 6) is 0.267. The number of halogens is 1. The number of nitrogens with one attached hydrogen (secondary N) is 1. The van der Waals surface area contributed by atoms with Gasteiger partial charge in [0.1, 0.15) is 5.03 Å². The van der Waals surface area contributed by atoms with Crippen LogP contribution in [-0.2, 0) is 4.79 Å². The van der Waals surface area contributed by atoms with Crippen LogP contribution in [0.1, 0.15) is 13.3 Å². The molecule has 0 bridgehead atoms. The first kappa shape index (κ1) is 14.5. The van der Waals surface area contributed by atoms with Crippen LogP contribution >= 0.6 is 27.7 Å². The van der Waals surface area contributed by atoms with E-state index in [0.717, 1.165) is 22.5 Å². The number of pyridine rings is 1. The number of hydrogen-bond donors (Lipinski definition) is 2. The predicted octanol–water partition coefficient (Wildman–Crippen LogP) is 1.79. The molecule has 0 aliphatic carbocycles. The van der Waals surface area contributed by atoms with Crippen LogP contribution in [0, 0.1) is 0 Å². The van der Waals surface area contributed by atoms with Gasteiger partial charge in [-0.05, 0) is 41.0 Å². The predicted molar refractivity (Wildman–Crippen MR) is 73.9 cm³/mol. The van der Waals surface area contributed by atoms with Crippen molar-refractivity contribution >= 4 is 33.6 Å². The monoisotopic (exact) mass is 317 g/mol. The fourth-order valence-electron chi connectivity index (χ4n) is 1.20. The first-order chi connectivity index (χ1) is 8.15. The lowest BCUT2D eigenvalue weighted by atomic mass is 10.3. The maximum atomic E-state index is 11.2. The molecule has 1 aromatic rings. The summed E-state index contributed by atoms with van der Waals surface area (Å²) >= 11 is 4.93. The third-order valence-corrected chi connectivity index (χ3v) is 4.10. The number of carbonyl (C=O) groups excluding carboxylic acids is 1. The maximum absolute atomic E-state index is 11.2. The Morgan fingerprint density at radius 2 is 2.47 bits per heavy atom. The van der Waals surface area contributed by atoms with Gasteiger partial charge in [0.2, 0.25) is 5.91 Å². The molecule has 0 radical (unpaired) electrons. The molecular formula is C11H16BrN3OS. The summed E-state index contributed by atoms with van der Waals surface area (Å²) in [6.45, 7) is 2.84. The topological polar surface area (TPSA) is 68.0 Å². The number of thioether (sulfide) groups is 1. The molecule has 3 N–H and O–H groups in total. The van der Waals surface area contributed by atoms with E-state index < -0.39 is 0 Å². The molecule has 0 fully saturated rings. The van der Waals surface area contributed by atoms with E-state index in [-0.39, 0.29) is 11.9 Å². The van der Waals surface area contributed by atoms with Crippen LogP contribution in [0.4, 0.5) is 0 Å². The van der Waals surface area contributed by atoms with Crippen LogP contribution in [0.2, 0.25) is 0 Å². The lowest BCUT2D eigenvalue weighted by Crippen LogP contribution is -2.43. The Morgan fingerprint density at radius 1 is 1.71 bits per heavy atom. The molecule has 94 valence electrons.